The molecule has 2 rings (SSSR count). The molecule has 96 valence electrons. The Labute approximate surface area is 110 Å². The number of hydrogen-bond donors (Lipinski definition) is 1. The minimum Gasteiger partial charge on any atom is -0.493 e. The highest BCUT2D eigenvalue weighted by atomic mass is 32.1. The molecule has 0 aliphatic rings. The molecular weight excluding hydrogens is 251 g/mol. The molecule has 0 spiro atoms. The number of halogens is 1. The normalized spacial score (nSPS) is 12.4. The van der Waals surface area contributed by atoms with Crippen LogP contribution in [0, 0.1) is 5.82 Å². The quantitative estimate of drug-likeness (QED) is 0.896. The van der Waals surface area contributed by atoms with Crippen LogP contribution in [0.25, 0.3) is 0 Å². The Hall–Kier alpha value is -1.39. The standard InChI is InChI=1S/C14H15FO2S/c1-10(16)13-9-11(15)4-5-14(13)17-7-6-12-3-2-8-18-12/h2-5,8-10,16H,6-7H2,1H3/t10-/m0/s1. The molecule has 0 unspecified atom stereocenters. The predicted molar refractivity (Wildman–Crippen MR) is 70.6 cm³/mol. The second-order valence-corrected chi connectivity index (χ2v) is 5.07. The molecular formula is C14H15FO2S. The van der Waals surface area contributed by atoms with Gasteiger partial charge in [0.1, 0.15) is 11.6 Å². The Kier molecular flexibility index (Phi) is 4.33. The number of hydrogen-bond acceptors (Lipinski definition) is 3. The topological polar surface area (TPSA) is 29.5 Å². The molecule has 1 atom stereocenters. The van der Waals surface area contributed by atoms with E-state index >= 15 is 0 Å². The summed E-state index contributed by atoms with van der Waals surface area (Å²) in [6, 6.07) is 8.26. The molecule has 18 heavy (non-hydrogen) atoms. The number of aliphatic hydroxyl groups excluding tert-OH is 1. The van der Waals surface area contributed by atoms with Gasteiger partial charge < -0.3 is 9.84 Å². The molecule has 1 aromatic heterocycles. The van der Waals surface area contributed by atoms with Crippen LogP contribution < -0.4 is 4.74 Å². The van der Waals surface area contributed by atoms with Gasteiger partial charge in [-0.25, -0.2) is 4.39 Å². The Balaban J connectivity index is 2.00. The van der Waals surface area contributed by atoms with Crippen molar-refractivity contribution < 1.29 is 14.2 Å². The molecule has 0 bridgehead atoms. The van der Waals surface area contributed by atoms with Gasteiger partial charge in [0.05, 0.1) is 12.7 Å². The number of thiophene rings is 1. The molecule has 0 fully saturated rings. The van der Waals surface area contributed by atoms with Crippen molar-refractivity contribution in [1.82, 2.24) is 0 Å². The molecule has 0 amide bonds. The summed E-state index contributed by atoms with van der Waals surface area (Å²) in [5.41, 5.74) is 0.487. The SMILES string of the molecule is C[C@H](O)c1cc(F)ccc1OCCc1cccs1. The molecule has 0 radical (unpaired) electrons. The molecule has 0 saturated carbocycles. The van der Waals surface area contributed by atoms with Gasteiger partial charge >= 0.3 is 0 Å². The highest BCUT2D eigenvalue weighted by Crippen LogP contribution is 2.26. The van der Waals surface area contributed by atoms with E-state index in [2.05, 4.69) is 0 Å². The summed E-state index contributed by atoms with van der Waals surface area (Å²) < 4.78 is 18.7. The van der Waals surface area contributed by atoms with Crippen molar-refractivity contribution in [3.8, 4) is 5.75 Å². The Bertz CT molecular complexity index is 495. The minimum atomic E-state index is -0.738. The second kappa shape index (κ2) is 5.98. The summed E-state index contributed by atoms with van der Waals surface area (Å²) in [5, 5.41) is 11.6. The lowest BCUT2D eigenvalue weighted by molar-refractivity contribution is 0.191. The summed E-state index contributed by atoms with van der Waals surface area (Å²) in [6.45, 7) is 2.12. The average molecular weight is 266 g/mol. The number of ether oxygens (including phenoxy) is 1. The van der Waals surface area contributed by atoms with E-state index in [-0.39, 0.29) is 5.82 Å². The molecule has 2 aromatic rings. The summed E-state index contributed by atoms with van der Waals surface area (Å²) in [6.07, 6.45) is 0.0753. The maximum atomic E-state index is 13.1. The highest BCUT2D eigenvalue weighted by molar-refractivity contribution is 7.09. The van der Waals surface area contributed by atoms with Crippen LogP contribution in [0.3, 0.4) is 0 Å². The van der Waals surface area contributed by atoms with Crippen LogP contribution in [-0.4, -0.2) is 11.7 Å². The fraction of sp³-hybridized carbons (Fsp3) is 0.286. The van der Waals surface area contributed by atoms with Gasteiger partial charge in [0.25, 0.3) is 0 Å². The molecule has 1 N–H and O–H groups in total. The van der Waals surface area contributed by atoms with Gasteiger partial charge in [0.15, 0.2) is 0 Å². The summed E-state index contributed by atoms with van der Waals surface area (Å²) >= 11 is 1.68. The number of aliphatic hydroxyl groups is 1. The predicted octanol–water partition coefficient (Wildman–Crippen LogP) is 3.56. The minimum absolute atomic E-state index is 0.364. The average Bonchev–Trinajstić information content (AvgIpc) is 2.84. The first kappa shape index (κ1) is 13.1. The Morgan fingerprint density at radius 1 is 1.39 bits per heavy atom. The Morgan fingerprint density at radius 2 is 2.22 bits per heavy atom. The van der Waals surface area contributed by atoms with E-state index in [0.717, 1.165) is 6.42 Å². The van der Waals surface area contributed by atoms with E-state index in [1.54, 1.807) is 24.3 Å². The first-order chi connectivity index (χ1) is 8.66. The van der Waals surface area contributed by atoms with Gasteiger partial charge in [-0.2, -0.15) is 0 Å². The van der Waals surface area contributed by atoms with E-state index in [1.165, 1.54) is 17.0 Å². The van der Waals surface area contributed by atoms with Gasteiger partial charge in [-0.05, 0) is 36.6 Å². The Morgan fingerprint density at radius 3 is 2.89 bits per heavy atom. The van der Waals surface area contributed by atoms with Crippen molar-refractivity contribution in [3.63, 3.8) is 0 Å². The third kappa shape index (κ3) is 3.31. The summed E-state index contributed by atoms with van der Waals surface area (Å²) in [4.78, 5) is 1.25. The third-order valence-electron chi connectivity index (χ3n) is 2.61. The van der Waals surface area contributed by atoms with Crippen molar-refractivity contribution in [1.29, 1.82) is 0 Å². The number of rotatable bonds is 5. The van der Waals surface area contributed by atoms with E-state index in [0.29, 0.717) is 17.9 Å². The van der Waals surface area contributed by atoms with E-state index in [9.17, 15) is 9.50 Å². The van der Waals surface area contributed by atoms with Crippen molar-refractivity contribution in [3.05, 3.63) is 52.0 Å². The molecule has 2 nitrogen and oxygen atoms in total. The third-order valence-corrected chi connectivity index (χ3v) is 3.54. The maximum Gasteiger partial charge on any atom is 0.125 e. The summed E-state index contributed by atoms with van der Waals surface area (Å²) in [5.74, 6) is 0.180. The van der Waals surface area contributed by atoms with Crippen LogP contribution >= 0.6 is 11.3 Å². The lowest BCUT2D eigenvalue weighted by atomic mass is 10.1. The van der Waals surface area contributed by atoms with Gasteiger partial charge in [-0.1, -0.05) is 6.07 Å². The van der Waals surface area contributed by atoms with Gasteiger partial charge in [-0.15, -0.1) is 11.3 Å². The zero-order chi connectivity index (χ0) is 13.0. The first-order valence-corrected chi connectivity index (χ1v) is 6.67. The van der Waals surface area contributed by atoms with E-state index in [4.69, 9.17) is 4.74 Å². The first-order valence-electron chi connectivity index (χ1n) is 5.79. The van der Waals surface area contributed by atoms with E-state index < -0.39 is 6.10 Å². The van der Waals surface area contributed by atoms with Crippen LogP contribution in [0.5, 0.6) is 5.75 Å². The fourth-order valence-electron chi connectivity index (χ4n) is 1.69. The zero-order valence-corrected chi connectivity index (χ0v) is 10.9. The van der Waals surface area contributed by atoms with Crippen molar-refractivity contribution in [2.75, 3.05) is 6.61 Å². The van der Waals surface area contributed by atoms with Crippen LogP contribution in [0.15, 0.2) is 35.7 Å². The van der Waals surface area contributed by atoms with Crippen LogP contribution in [0.1, 0.15) is 23.5 Å². The zero-order valence-electron chi connectivity index (χ0n) is 10.1. The lowest BCUT2D eigenvalue weighted by Gasteiger charge is -2.13. The highest BCUT2D eigenvalue weighted by Gasteiger charge is 2.10. The van der Waals surface area contributed by atoms with Crippen LogP contribution in [0.2, 0.25) is 0 Å². The monoisotopic (exact) mass is 266 g/mol. The molecule has 1 heterocycles. The molecule has 1 aromatic carbocycles. The molecule has 4 heteroatoms. The summed E-state index contributed by atoms with van der Waals surface area (Å²) in [7, 11) is 0. The van der Waals surface area contributed by atoms with Crippen LogP contribution in [0.4, 0.5) is 4.39 Å². The van der Waals surface area contributed by atoms with Gasteiger partial charge in [-0.3, -0.25) is 0 Å². The van der Waals surface area contributed by atoms with E-state index in [1.807, 2.05) is 17.5 Å². The molecule has 0 aliphatic carbocycles. The number of benzene rings is 1. The molecule has 0 saturated heterocycles. The van der Waals surface area contributed by atoms with Crippen molar-refractivity contribution in [2.45, 2.75) is 19.4 Å². The van der Waals surface area contributed by atoms with Crippen molar-refractivity contribution in [2.24, 2.45) is 0 Å². The fourth-order valence-corrected chi connectivity index (χ4v) is 2.38. The largest absolute Gasteiger partial charge is 0.493 e. The smallest absolute Gasteiger partial charge is 0.125 e. The van der Waals surface area contributed by atoms with Crippen LogP contribution in [-0.2, 0) is 6.42 Å². The van der Waals surface area contributed by atoms with Crippen molar-refractivity contribution >= 4 is 11.3 Å². The van der Waals surface area contributed by atoms with Gasteiger partial charge in [0.2, 0.25) is 0 Å². The second-order valence-electron chi connectivity index (χ2n) is 4.04. The lowest BCUT2D eigenvalue weighted by Crippen LogP contribution is -2.04. The molecule has 0 aliphatic heterocycles. The van der Waals surface area contributed by atoms with Gasteiger partial charge in [0, 0.05) is 16.9 Å². The maximum absolute atomic E-state index is 13.1.